The second-order valence-electron chi connectivity index (χ2n) is 4.16. The van der Waals surface area contributed by atoms with Gasteiger partial charge in [-0.3, -0.25) is 0 Å². The van der Waals surface area contributed by atoms with E-state index in [1.807, 2.05) is 42.9 Å². The zero-order valence-electron chi connectivity index (χ0n) is 10.1. The maximum Gasteiger partial charge on any atom is 0.0660 e. The molecule has 0 spiro atoms. The van der Waals surface area contributed by atoms with Gasteiger partial charge in [0.15, 0.2) is 0 Å². The Balaban J connectivity index is 2.39. The van der Waals surface area contributed by atoms with Gasteiger partial charge in [0, 0.05) is 11.2 Å². The zero-order chi connectivity index (χ0) is 12.4. The third-order valence-corrected chi connectivity index (χ3v) is 3.24. The molecule has 0 aliphatic heterocycles. The van der Waals surface area contributed by atoms with Gasteiger partial charge in [0.05, 0.1) is 11.4 Å². The van der Waals surface area contributed by atoms with Crippen LogP contribution >= 0.6 is 11.6 Å². The van der Waals surface area contributed by atoms with Crippen LogP contribution in [0.2, 0.25) is 5.02 Å². The normalized spacial score (nSPS) is 10.8. The van der Waals surface area contributed by atoms with Crippen LogP contribution in [0, 0.1) is 13.8 Å². The molecular weight excluding hydrogens is 234 g/mol. The van der Waals surface area contributed by atoms with Crippen LogP contribution in [0.4, 0.5) is 0 Å². The van der Waals surface area contributed by atoms with Gasteiger partial charge in [-0.1, -0.05) is 17.7 Å². The lowest BCUT2D eigenvalue weighted by Gasteiger charge is -2.03. The molecule has 0 bridgehead atoms. The van der Waals surface area contributed by atoms with Crippen molar-refractivity contribution in [2.24, 2.45) is 5.73 Å². The summed E-state index contributed by atoms with van der Waals surface area (Å²) >= 11 is 6.11. The summed E-state index contributed by atoms with van der Waals surface area (Å²) in [6, 6.07) is 5.94. The van der Waals surface area contributed by atoms with Crippen molar-refractivity contribution in [2.45, 2.75) is 20.3 Å². The van der Waals surface area contributed by atoms with E-state index >= 15 is 0 Å². The van der Waals surface area contributed by atoms with Crippen LogP contribution in [-0.4, -0.2) is 16.3 Å². The molecule has 1 aromatic carbocycles. The van der Waals surface area contributed by atoms with E-state index in [1.54, 1.807) is 0 Å². The van der Waals surface area contributed by atoms with Crippen molar-refractivity contribution in [3.8, 4) is 5.69 Å². The van der Waals surface area contributed by atoms with Gasteiger partial charge >= 0.3 is 0 Å². The number of hydrogen-bond donors (Lipinski definition) is 1. The molecule has 1 heterocycles. The number of benzene rings is 1. The summed E-state index contributed by atoms with van der Waals surface area (Å²) in [5.74, 6) is 0. The van der Waals surface area contributed by atoms with Gasteiger partial charge in [0.2, 0.25) is 0 Å². The second-order valence-corrected chi connectivity index (χ2v) is 4.56. The molecule has 0 unspecified atom stereocenters. The Morgan fingerprint density at radius 3 is 2.76 bits per heavy atom. The van der Waals surface area contributed by atoms with E-state index in [2.05, 4.69) is 5.10 Å². The van der Waals surface area contributed by atoms with Gasteiger partial charge in [-0.15, -0.1) is 0 Å². The molecule has 0 amide bonds. The third-order valence-electron chi connectivity index (χ3n) is 2.83. The fraction of sp³-hybridized carbons (Fsp3) is 0.308. The smallest absolute Gasteiger partial charge is 0.0660 e. The molecule has 4 heteroatoms. The Hall–Kier alpha value is -1.32. The maximum absolute atomic E-state index is 6.11. The number of halogens is 1. The standard InChI is InChI=1S/C13H16ClN3/c1-9-3-4-12(7-13(9)14)17-8-11(5-6-15)10(2)16-17/h3-4,7-8H,5-6,15H2,1-2H3. The van der Waals surface area contributed by atoms with E-state index < -0.39 is 0 Å². The minimum absolute atomic E-state index is 0.640. The van der Waals surface area contributed by atoms with Crippen LogP contribution in [0.3, 0.4) is 0 Å². The fourth-order valence-electron chi connectivity index (χ4n) is 1.75. The molecule has 17 heavy (non-hydrogen) atoms. The van der Waals surface area contributed by atoms with Crippen LogP contribution in [-0.2, 0) is 6.42 Å². The third kappa shape index (κ3) is 2.51. The molecular formula is C13H16ClN3. The molecule has 0 radical (unpaired) electrons. The van der Waals surface area contributed by atoms with E-state index in [4.69, 9.17) is 17.3 Å². The van der Waals surface area contributed by atoms with E-state index in [1.165, 1.54) is 5.56 Å². The molecule has 0 saturated heterocycles. The summed E-state index contributed by atoms with van der Waals surface area (Å²) in [6.45, 7) is 4.62. The summed E-state index contributed by atoms with van der Waals surface area (Å²) in [4.78, 5) is 0. The van der Waals surface area contributed by atoms with Crippen LogP contribution in [0.25, 0.3) is 5.69 Å². The van der Waals surface area contributed by atoms with Crippen LogP contribution in [0.5, 0.6) is 0 Å². The highest BCUT2D eigenvalue weighted by Gasteiger charge is 2.06. The lowest BCUT2D eigenvalue weighted by Crippen LogP contribution is -2.02. The van der Waals surface area contributed by atoms with Gasteiger partial charge in [-0.2, -0.15) is 5.10 Å². The van der Waals surface area contributed by atoms with Gasteiger partial charge in [0.1, 0.15) is 0 Å². The number of rotatable bonds is 3. The largest absolute Gasteiger partial charge is 0.330 e. The summed E-state index contributed by atoms with van der Waals surface area (Å²) < 4.78 is 1.85. The Morgan fingerprint density at radius 1 is 1.35 bits per heavy atom. The summed E-state index contributed by atoms with van der Waals surface area (Å²) in [5.41, 5.74) is 9.82. The quantitative estimate of drug-likeness (QED) is 0.909. The van der Waals surface area contributed by atoms with E-state index in [9.17, 15) is 0 Å². The predicted molar refractivity (Wildman–Crippen MR) is 70.8 cm³/mol. The molecule has 2 aromatic rings. The highest BCUT2D eigenvalue weighted by atomic mass is 35.5. The van der Waals surface area contributed by atoms with Crippen molar-refractivity contribution >= 4 is 11.6 Å². The Bertz CT molecular complexity index is 531. The van der Waals surface area contributed by atoms with E-state index in [0.29, 0.717) is 6.54 Å². The first-order chi connectivity index (χ1) is 8.11. The number of aromatic nitrogens is 2. The average Bonchev–Trinajstić information content (AvgIpc) is 2.65. The summed E-state index contributed by atoms with van der Waals surface area (Å²) in [7, 11) is 0. The predicted octanol–water partition coefficient (Wildman–Crippen LogP) is 2.64. The number of aryl methyl sites for hydroxylation is 2. The van der Waals surface area contributed by atoms with Crippen LogP contribution in [0.15, 0.2) is 24.4 Å². The zero-order valence-corrected chi connectivity index (χ0v) is 10.8. The van der Waals surface area contributed by atoms with Crippen LogP contribution < -0.4 is 5.73 Å². The molecule has 0 atom stereocenters. The van der Waals surface area contributed by atoms with Gasteiger partial charge in [-0.25, -0.2) is 4.68 Å². The van der Waals surface area contributed by atoms with Crippen molar-refractivity contribution in [1.29, 1.82) is 0 Å². The molecule has 2 N–H and O–H groups in total. The number of nitrogens with two attached hydrogens (primary N) is 1. The molecule has 2 rings (SSSR count). The highest BCUT2D eigenvalue weighted by molar-refractivity contribution is 6.31. The molecule has 0 saturated carbocycles. The SMILES string of the molecule is Cc1ccc(-n2cc(CCN)c(C)n2)cc1Cl. The fourth-order valence-corrected chi connectivity index (χ4v) is 1.93. The van der Waals surface area contributed by atoms with Crippen LogP contribution in [0.1, 0.15) is 16.8 Å². The Kier molecular flexibility index (Phi) is 3.50. The monoisotopic (exact) mass is 249 g/mol. The van der Waals surface area contributed by atoms with Gasteiger partial charge < -0.3 is 5.73 Å². The molecule has 0 fully saturated rings. The van der Waals surface area contributed by atoms with Crippen molar-refractivity contribution < 1.29 is 0 Å². The van der Waals surface area contributed by atoms with E-state index in [-0.39, 0.29) is 0 Å². The van der Waals surface area contributed by atoms with Crippen molar-refractivity contribution in [1.82, 2.24) is 9.78 Å². The number of nitrogens with zero attached hydrogens (tertiary/aromatic N) is 2. The molecule has 1 aromatic heterocycles. The highest BCUT2D eigenvalue weighted by Crippen LogP contribution is 2.20. The molecule has 0 aliphatic rings. The minimum atomic E-state index is 0.640. The molecule has 0 aliphatic carbocycles. The van der Waals surface area contributed by atoms with E-state index in [0.717, 1.165) is 28.4 Å². The minimum Gasteiger partial charge on any atom is -0.330 e. The topological polar surface area (TPSA) is 43.8 Å². The first kappa shape index (κ1) is 12.1. The summed E-state index contributed by atoms with van der Waals surface area (Å²) in [6.07, 6.45) is 2.87. The van der Waals surface area contributed by atoms with Crippen molar-refractivity contribution in [2.75, 3.05) is 6.54 Å². The first-order valence-corrected chi connectivity index (χ1v) is 6.01. The first-order valence-electron chi connectivity index (χ1n) is 5.63. The lowest BCUT2D eigenvalue weighted by molar-refractivity contribution is 0.862. The Labute approximate surface area is 106 Å². The van der Waals surface area contributed by atoms with Crippen molar-refractivity contribution in [3.63, 3.8) is 0 Å². The van der Waals surface area contributed by atoms with Gasteiger partial charge in [0.25, 0.3) is 0 Å². The Morgan fingerprint density at radius 2 is 2.12 bits per heavy atom. The maximum atomic E-state index is 6.11. The molecule has 3 nitrogen and oxygen atoms in total. The lowest BCUT2D eigenvalue weighted by atomic mass is 10.2. The summed E-state index contributed by atoms with van der Waals surface area (Å²) in [5, 5.41) is 5.23. The molecule has 90 valence electrons. The average molecular weight is 250 g/mol. The van der Waals surface area contributed by atoms with Crippen molar-refractivity contribution in [3.05, 3.63) is 46.2 Å². The van der Waals surface area contributed by atoms with Gasteiger partial charge in [-0.05, 0) is 50.1 Å². The number of hydrogen-bond acceptors (Lipinski definition) is 2. The second kappa shape index (κ2) is 4.90.